The summed E-state index contributed by atoms with van der Waals surface area (Å²) in [4.78, 5) is 19.4. The lowest BCUT2D eigenvalue weighted by Crippen LogP contribution is -2.51. The van der Waals surface area contributed by atoms with E-state index in [0.717, 1.165) is 38.2 Å². The minimum absolute atomic E-state index is 0.0457. The third kappa shape index (κ3) is 6.06. The number of carbonyl (C=O) groups is 1. The zero-order chi connectivity index (χ0) is 20.6. The van der Waals surface area contributed by atoms with E-state index >= 15 is 0 Å². The van der Waals surface area contributed by atoms with Crippen LogP contribution in [-0.2, 0) is 0 Å². The normalized spacial score (nSPS) is 19.6. The van der Waals surface area contributed by atoms with Crippen LogP contribution in [0.2, 0.25) is 5.02 Å². The molecule has 2 aromatic rings. The number of piperidine rings is 1. The number of likely N-dealkylation sites (tertiary alicyclic amines) is 1. The first kappa shape index (κ1) is 21.4. The molecule has 1 saturated heterocycles. The van der Waals surface area contributed by atoms with Gasteiger partial charge < -0.3 is 25.4 Å². The Bertz CT molecular complexity index is 786. The molecule has 2 unspecified atom stereocenters. The van der Waals surface area contributed by atoms with Gasteiger partial charge in [-0.1, -0.05) is 11.6 Å². The summed E-state index contributed by atoms with van der Waals surface area (Å²) in [6.07, 6.45) is 3.24. The molecule has 2 heterocycles. The van der Waals surface area contributed by atoms with Crippen LogP contribution in [0.3, 0.4) is 0 Å². The van der Waals surface area contributed by atoms with E-state index in [1.54, 1.807) is 37.6 Å². The number of hydrogen-bond donors (Lipinski definition) is 3. The number of nitrogens with one attached hydrogen (secondary N) is 2. The van der Waals surface area contributed by atoms with Crippen LogP contribution in [0.25, 0.3) is 0 Å². The third-order valence-electron chi connectivity index (χ3n) is 5.12. The highest BCUT2D eigenvalue weighted by Gasteiger charge is 2.32. The van der Waals surface area contributed by atoms with Gasteiger partial charge in [0.2, 0.25) is 0 Å². The van der Waals surface area contributed by atoms with Gasteiger partial charge in [0.15, 0.2) is 0 Å². The number of ether oxygens (including phenoxy) is 1. The molecule has 3 rings (SSSR count). The van der Waals surface area contributed by atoms with E-state index in [-0.39, 0.29) is 24.6 Å². The third-order valence-corrected chi connectivity index (χ3v) is 5.37. The number of amides is 2. The van der Waals surface area contributed by atoms with Gasteiger partial charge >= 0.3 is 6.03 Å². The Balaban J connectivity index is 1.69. The summed E-state index contributed by atoms with van der Waals surface area (Å²) in [6.45, 7) is 2.63. The van der Waals surface area contributed by atoms with Crippen molar-refractivity contribution in [1.29, 1.82) is 0 Å². The van der Waals surface area contributed by atoms with Crippen molar-refractivity contribution < 1.29 is 14.6 Å². The van der Waals surface area contributed by atoms with E-state index in [0.29, 0.717) is 16.5 Å². The van der Waals surface area contributed by atoms with Crippen molar-refractivity contribution in [2.45, 2.75) is 24.8 Å². The average Bonchev–Trinajstić information content (AvgIpc) is 2.74. The zero-order valence-corrected chi connectivity index (χ0v) is 17.2. The van der Waals surface area contributed by atoms with E-state index in [1.807, 2.05) is 12.1 Å². The summed E-state index contributed by atoms with van der Waals surface area (Å²) in [6, 6.07) is 10.5. The molecule has 2 amide bonds. The van der Waals surface area contributed by atoms with E-state index in [2.05, 4.69) is 20.5 Å². The summed E-state index contributed by atoms with van der Waals surface area (Å²) >= 11 is 5.90. The predicted molar refractivity (Wildman–Crippen MR) is 114 cm³/mol. The van der Waals surface area contributed by atoms with Gasteiger partial charge in [-0.2, -0.15) is 0 Å². The van der Waals surface area contributed by atoms with Crippen LogP contribution in [0.15, 0.2) is 42.6 Å². The number of anilines is 1. The molecular weight excluding hydrogens is 392 g/mol. The zero-order valence-electron chi connectivity index (χ0n) is 16.5. The Kier molecular flexibility index (Phi) is 7.69. The molecule has 0 bridgehead atoms. The molecule has 2 atom stereocenters. The maximum Gasteiger partial charge on any atom is 0.319 e. The Hall–Kier alpha value is -2.35. The van der Waals surface area contributed by atoms with Crippen molar-refractivity contribution in [3.05, 3.63) is 53.3 Å². The van der Waals surface area contributed by atoms with Crippen LogP contribution in [0, 0.1) is 0 Å². The highest BCUT2D eigenvalue weighted by molar-refractivity contribution is 6.30. The number of carbonyl (C=O) groups excluding carboxylic acids is 1. The molecule has 1 aliphatic heterocycles. The maximum atomic E-state index is 12.6. The van der Waals surface area contributed by atoms with E-state index in [9.17, 15) is 4.79 Å². The van der Waals surface area contributed by atoms with Gasteiger partial charge in [-0.05, 0) is 49.2 Å². The van der Waals surface area contributed by atoms with Crippen molar-refractivity contribution in [3.8, 4) is 5.75 Å². The predicted octanol–water partition coefficient (Wildman–Crippen LogP) is 3.11. The smallest absolute Gasteiger partial charge is 0.319 e. The van der Waals surface area contributed by atoms with Crippen molar-refractivity contribution in [3.63, 3.8) is 0 Å². The lowest BCUT2D eigenvalue weighted by Gasteiger charge is -2.38. The van der Waals surface area contributed by atoms with E-state index in [1.165, 1.54) is 0 Å². The fourth-order valence-electron chi connectivity index (χ4n) is 3.59. The van der Waals surface area contributed by atoms with Gasteiger partial charge in [0.05, 0.1) is 13.3 Å². The minimum Gasteiger partial charge on any atom is -0.495 e. The highest BCUT2D eigenvalue weighted by atomic mass is 35.5. The second kappa shape index (κ2) is 10.4. The highest BCUT2D eigenvalue weighted by Crippen LogP contribution is 2.27. The fraction of sp³-hybridized carbons (Fsp3) is 0.429. The van der Waals surface area contributed by atoms with Gasteiger partial charge in [-0.15, -0.1) is 0 Å². The van der Waals surface area contributed by atoms with Gasteiger partial charge in [0, 0.05) is 54.6 Å². The van der Waals surface area contributed by atoms with Crippen LogP contribution < -0.4 is 15.4 Å². The number of halogens is 1. The number of aliphatic hydroxyl groups is 1. The van der Waals surface area contributed by atoms with E-state index in [4.69, 9.17) is 21.4 Å². The second-order valence-corrected chi connectivity index (χ2v) is 7.54. The molecule has 0 radical (unpaired) electrons. The number of aliphatic hydroxyl groups excluding tert-OH is 1. The van der Waals surface area contributed by atoms with Crippen molar-refractivity contribution in [2.24, 2.45) is 0 Å². The molecule has 0 aliphatic carbocycles. The Morgan fingerprint density at radius 3 is 2.76 bits per heavy atom. The Labute approximate surface area is 176 Å². The number of urea groups is 1. The number of nitrogens with zero attached hydrogens (tertiary/aromatic N) is 2. The molecule has 0 saturated carbocycles. The Morgan fingerprint density at radius 2 is 2.10 bits per heavy atom. The van der Waals surface area contributed by atoms with Crippen molar-refractivity contribution >= 4 is 23.3 Å². The average molecular weight is 419 g/mol. The van der Waals surface area contributed by atoms with Gasteiger partial charge in [0.25, 0.3) is 0 Å². The van der Waals surface area contributed by atoms with Crippen LogP contribution in [-0.4, -0.2) is 60.4 Å². The van der Waals surface area contributed by atoms with Gasteiger partial charge in [-0.25, -0.2) is 4.79 Å². The quantitative estimate of drug-likeness (QED) is 0.643. The summed E-state index contributed by atoms with van der Waals surface area (Å²) in [5.41, 5.74) is 1.60. The first-order valence-electron chi connectivity index (χ1n) is 9.75. The van der Waals surface area contributed by atoms with Gasteiger partial charge in [0.1, 0.15) is 5.75 Å². The minimum atomic E-state index is -0.250. The van der Waals surface area contributed by atoms with Crippen molar-refractivity contribution in [2.75, 3.05) is 38.7 Å². The number of methoxy groups -OCH3 is 1. The topological polar surface area (TPSA) is 86.7 Å². The Morgan fingerprint density at radius 1 is 1.31 bits per heavy atom. The molecule has 0 spiro atoms. The second-order valence-electron chi connectivity index (χ2n) is 7.11. The molecule has 1 aromatic heterocycles. The molecule has 1 aromatic carbocycles. The number of hydrogen-bond acceptors (Lipinski definition) is 5. The van der Waals surface area contributed by atoms with Crippen molar-refractivity contribution in [1.82, 2.24) is 15.2 Å². The molecule has 7 nitrogen and oxygen atoms in total. The lowest BCUT2D eigenvalue weighted by molar-refractivity contribution is 0.159. The first-order valence-corrected chi connectivity index (χ1v) is 10.1. The molecule has 1 aliphatic rings. The molecule has 156 valence electrons. The SMILES string of the molecule is COc1ccc(C2CN(CCCO)CCC2NC(=O)Nc2ccc(Cl)cc2)nc1. The number of benzene rings is 1. The number of aromatic nitrogens is 1. The largest absolute Gasteiger partial charge is 0.495 e. The summed E-state index contributed by atoms with van der Waals surface area (Å²) < 4.78 is 5.21. The van der Waals surface area contributed by atoms with E-state index < -0.39 is 0 Å². The number of rotatable bonds is 7. The molecule has 1 fully saturated rings. The van der Waals surface area contributed by atoms with Gasteiger partial charge in [-0.3, -0.25) is 4.98 Å². The first-order chi connectivity index (χ1) is 14.1. The monoisotopic (exact) mass is 418 g/mol. The molecule has 3 N–H and O–H groups in total. The summed E-state index contributed by atoms with van der Waals surface area (Å²) in [5, 5.41) is 15.7. The van der Waals surface area contributed by atoms with Crippen LogP contribution in [0.1, 0.15) is 24.5 Å². The molecular formula is C21H27ClN4O3. The van der Waals surface area contributed by atoms with Crippen LogP contribution >= 0.6 is 11.6 Å². The van der Waals surface area contributed by atoms with Crippen LogP contribution in [0.4, 0.5) is 10.5 Å². The molecule has 29 heavy (non-hydrogen) atoms. The van der Waals surface area contributed by atoms with Crippen LogP contribution in [0.5, 0.6) is 5.75 Å². The summed E-state index contributed by atoms with van der Waals surface area (Å²) in [7, 11) is 1.61. The summed E-state index contributed by atoms with van der Waals surface area (Å²) in [5.74, 6) is 0.746. The maximum absolute atomic E-state index is 12.6. The molecule has 8 heteroatoms. The lowest BCUT2D eigenvalue weighted by atomic mass is 9.88. The standard InChI is InChI=1S/C21H27ClN4O3/c1-29-17-7-8-19(23-13-17)18-14-26(10-2-12-27)11-9-20(18)25-21(28)24-16-5-3-15(22)4-6-16/h3-8,13,18,20,27H,2,9-12,14H2,1H3,(H2,24,25,28). The fourth-order valence-corrected chi connectivity index (χ4v) is 3.72. The number of pyridine rings is 1.